The lowest BCUT2D eigenvalue weighted by molar-refractivity contribution is 0.0268. The van der Waals surface area contributed by atoms with Crippen LogP contribution in [0.25, 0.3) is 0 Å². The van der Waals surface area contributed by atoms with Crippen molar-refractivity contribution in [1.82, 2.24) is 5.32 Å². The van der Waals surface area contributed by atoms with Gasteiger partial charge in [-0.05, 0) is 30.2 Å². The Kier molecular flexibility index (Phi) is 4.05. The van der Waals surface area contributed by atoms with Crippen molar-refractivity contribution >= 4 is 11.6 Å². The van der Waals surface area contributed by atoms with E-state index >= 15 is 0 Å². The molecule has 1 aliphatic heterocycles. The van der Waals surface area contributed by atoms with Crippen LogP contribution in [0.4, 0.5) is 0 Å². The van der Waals surface area contributed by atoms with Gasteiger partial charge in [0.25, 0.3) is 0 Å². The van der Waals surface area contributed by atoms with Crippen LogP contribution in [0.15, 0.2) is 18.2 Å². The predicted molar refractivity (Wildman–Crippen MR) is 68.3 cm³/mol. The highest BCUT2D eigenvalue weighted by molar-refractivity contribution is 6.30. The third-order valence-corrected chi connectivity index (χ3v) is 3.39. The predicted octanol–water partition coefficient (Wildman–Crippen LogP) is 1.89. The third-order valence-electron chi connectivity index (χ3n) is 3.16. The quantitative estimate of drug-likeness (QED) is 0.863. The maximum Gasteiger partial charge on any atom is 0.102 e. The molecule has 1 aliphatic rings. The average Bonchev–Trinajstić information content (AvgIpc) is 2.69. The number of hydrogen-bond donors (Lipinski definition) is 2. The zero-order chi connectivity index (χ0) is 12.3. The molecule has 0 bridgehead atoms. The molecule has 1 saturated heterocycles. The van der Waals surface area contributed by atoms with E-state index in [1.807, 2.05) is 25.1 Å². The van der Waals surface area contributed by atoms with E-state index in [9.17, 15) is 5.11 Å². The second kappa shape index (κ2) is 5.36. The van der Waals surface area contributed by atoms with E-state index in [-0.39, 0.29) is 0 Å². The molecule has 2 N–H and O–H groups in total. The zero-order valence-electron chi connectivity index (χ0n) is 10.0. The Balaban J connectivity index is 1.85. The molecule has 1 heterocycles. The number of hydrogen-bond acceptors (Lipinski definition) is 3. The molecule has 0 spiro atoms. The summed E-state index contributed by atoms with van der Waals surface area (Å²) in [5.41, 5.74) is 1.68. The van der Waals surface area contributed by atoms with Crippen LogP contribution in [0.3, 0.4) is 0 Å². The van der Waals surface area contributed by atoms with Crippen LogP contribution in [0.1, 0.15) is 17.5 Å². The number of nitrogens with one attached hydrogen (secondary N) is 1. The molecule has 0 aromatic heterocycles. The lowest BCUT2D eigenvalue weighted by Gasteiger charge is -2.21. The van der Waals surface area contributed by atoms with Crippen molar-refractivity contribution in [2.24, 2.45) is 0 Å². The van der Waals surface area contributed by atoms with Crippen LogP contribution < -0.4 is 5.32 Å². The van der Waals surface area contributed by atoms with Crippen LogP contribution in [-0.2, 0) is 11.3 Å². The summed E-state index contributed by atoms with van der Waals surface area (Å²) in [6.45, 7) is 4.43. The van der Waals surface area contributed by atoms with Gasteiger partial charge >= 0.3 is 0 Å². The Hall–Kier alpha value is -0.610. The van der Waals surface area contributed by atoms with E-state index < -0.39 is 5.60 Å². The van der Waals surface area contributed by atoms with Gasteiger partial charge in [-0.3, -0.25) is 0 Å². The maximum absolute atomic E-state index is 10.1. The number of halogens is 1. The number of aryl methyl sites for hydroxylation is 1. The topological polar surface area (TPSA) is 41.5 Å². The molecule has 1 aromatic rings. The highest BCUT2D eigenvalue weighted by atomic mass is 35.5. The van der Waals surface area contributed by atoms with Crippen LogP contribution in [-0.4, -0.2) is 30.5 Å². The minimum absolute atomic E-state index is 0.430. The Morgan fingerprint density at radius 3 is 3.00 bits per heavy atom. The first-order chi connectivity index (χ1) is 8.09. The van der Waals surface area contributed by atoms with E-state index in [2.05, 4.69) is 5.32 Å². The fourth-order valence-electron chi connectivity index (χ4n) is 2.02. The maximum atomic E-state index is 10.1. The van der Waals surface area contributed by atoms with E-state index in [4.69, 9.17) is 16.3 Å². The van der Waals surface area contributed by atoms with E-state index in [0.29, 0.717) is 26.2 Å². The Bertz CT molecular complexity index is 389. The first kappa shape index (κ1) is 12.8. The molecule has 1 atom stereocenters. The van der Waals surface area contributed by atoms with Gasteiger partial charge < -0.3 is 15.2 Å². The molecular weight excluding hydrogens is 238 g/mol. The van der Waals surface area contributed by atoms with Crippen molar-refractivity contribution in [2.45, 2.75) is 25.5 Å². The Labute approximate surface area is 107 Å². The molecule has 2 rings (SSSR count). The second-order valence-corrected chi connectivity index (χ2v) is 5.14. The van der Waals surface area contributed by atoms with Gasteiger partial charge in [0, 0.05) is 31.1 Å². The fraction of sp³-hybridized carbons (Fsp3) is 0.538. The normalized spacial score (nSPS) is 24.2. The van der Waals surface area contributed by atoms with Crippen molar-refractivity contribution in [3.8, 4) is 0 Å². The summed E-state index contributed by atoms with van der Waals surface area (Å²) in [5, 5.41) is 14.1. The minimum atomic E-state index is -0.694. The van der Waals surface area contributed by atoms with E-state index in [0.717, 1.165) is 11.6 Å². The molecule has 0 unspecified atom stereocenters. The minimum Gasteiger partial charge on any atom is -0.386 e. The summed E-state index contributed by atoms with van der Waals surface area (Å²) >= 11 is 5.90. The summed E-state index contributed by atoms with van der Waals surface area (Å²) in [7, 11) is 0. The molecule has 0 aliphatic carbocycles. The molecule has 1 aromatic carbocycles. The number of benzene rings is 1. The Morgan fingerprint density at radius 2 is 2.35 bits per heavy atom. The fourth-order valence-corrected chi connectivity index (χ4v) is 2.25. The van der Waals surface area contributed by atoms with Gasteiger partial charge in [0.1, 0.15) is 5.60 Å². The molecule has 94 valence electrons. The molecule has 17 heavy (non-hydrogen) atoms. The average molecular weight is 256 g/mol. The van der Waals surface area contributed by atoms with Crippen LogP contribution >= 0.6 is 11.6 Å². The molecule has 0 saturated carbocycles. The van der Waals surface area contributed by atoms with Crippen molar-refractivity contribution in [1.29, 1.82) is 0 Å². The summed E-state index contributed by atoms with van der Waals surface area (Å²) < 4.78 is 5.19. The molecule has 3 nitrogen and oxygen atoms in total. The van der Waals surface area contributed by atoms with Gasteiger partial charge in [-0.25, -0.2) is 0 Å². The van der Waals surface area contributed by atoms with Crippen molar-refractivity contribution in [3.05, 3.63) is 34.3 Å². The van der Waals surface area contributed by atoms with Crippen molar-refractivity contribution in [3.63, 3.8) is 0 Å². The van der Waals surface area contributed by atoms with Crippen LogP contribution in [0, 0.1) is 6.92 Å². The van der Waals surface area contributed by atoms with E-state index in [1.54, 1.807) is 0 Å². The summed E-state index contributed by atoms with van der Waals surface area (Å²) in [6, 6.07) is 5.85. The second-order valence-electron chi connectivity index (χ2n) is 4.70. The van der Waals surface area contributed by atoms with Crippen LogP contribution in [0.5, 0.6) is 0 Å². The highest BCUT2D eigenvalue weighted by Gasteiger charge is 2.31. The lowest BCUT2D eigenvalue weighted by Crippen LogP contribution is -2.40. The van der Waals surface area contributed by atoms with Crippen molar-refractivity contribution in [2.75, 3.05) is 19.8 Å². The third kappa shape index (κ3) is 3.42. The van der Waals surface area contributed by atoms with Gasteiger partial charge in [0.2, 0.25) is 0 Å². The van der Waals surface area contributed by atoms with E-state index in [1.165, 1.54) is 11.1 Å². The highest BCUT2D eigenvalue weighted by Crippen LogP contribution is 2.18. The van der Waals surface area contributed by atoms with Crippen LogP contribution in [0.2, 0.25) is 5.02 Å². The molecule has 4 heteroatoms. The number of ether oxygens (including phenoxy) is 1. The first-order valence-corrected chi connectivity index (χ1v) is 6.23. The summed E-state index contributed by atoms with van der Waals surface area (Å²) in [4.78, 5) is 0. The van der Waals surface area contributed by atoms with Gasteiger partial charge in [0.05, 0.1) is 6.61 Å². The lowest BCUT2D eigenvalue weighted by atomic mass is 10.0. The number of aliphatic hydroxyl groups is 1. The summed E-state index contributed by atoms with van der Waals surface area (Å²) in [5.74, 6) is 0. The van der Waals surface area contributed by atoms with Gasteiger partial charge in [-0.15, -0.1) is 0 Å². The smallest absolute Gasteiger partial charge is 0.102 e. The van der Waals surface area contributed by atoms with Gasteiger partial charge in [-0.2, -0.15) is 0 Å². The molecule has 0 radical (unpaired) electrons. The zero-order valence-corrected chi connectivity index (χ0v) is 10.8. The Morgan fingerprint density at radius 1 is 1.53 bits per heavy atom. The summed E-state index contributed by atoms with van der Waals surface area (Å²) in [6.07, 6.45) is 0.708. The SMILES string of the molecule is Cc1cc(Cl)ccc1CNC[C@]1(O)CCOC1. The molecule has 1 fully saturated rings. The standard InChI is InChI=1S/C13H18ClNO2/c1-10-6-12(14)3-2-11(10)7-15-8-13(16)4-5-17-9-13/h2-3,6,15-16H,4-5,7-9H2,1H3/t13-/m1/s1. The van der Waals surface area contributed by atoms with Gasteiger partial charge in [0.15, 0.2) is 0 Å². The molecular formula is C13H18ClNO2. The van der Waals surface area contributed by atoms with Gasteiger partial charge in [-0.1, -0.05) is 17.7 Å². The number of rotatable bonds is 4. The largest absolute Gasteiger partial charge is 0.386 e. The molecule has 0 amide bonds. The monoisotopic (exact) mass is 255 g/mol. The van der Waals surface area contributed by atoms with Crippen molar-refractivity contribution < 1.29 is 9.84 Å². The first-order valence-electron chi connectivity index (χ1n) is 5.85.